The summed E-state index contributed by atoms with van der Waals surface area (Å²) in [6.07, 6.45) is -1.90. The first-order valence-electron chi connectivity index (χ1n) is 5.38. The van der Waals surface area contributed by atoms with Crippen molar-refractivity contribution in [3.05, 3.63) is 59.9 Å². The van der Waals surface area contributed by atoms with Gasteiger partial charge in [-0.25, -0.2) is 8.78 Å². The summed E-state index contributed by atoms with van der Waals surface area (Å²) in [6, 6.07) is 12.1. The van der Waals surface area contributed by atoms with E-state index in [1.54, 1.807) is 24.3 Å². The van der Waals surface area contributed by atoms with Crippen molar-refractivity contribution in [2.45, 2.75) is 6.17 Å². The standard InChI is InChI=1S/C14H11F2NO/c15-10-5-3-4-9(8-10)11-6-1-2-7-12(11)13(16)14(17)18/h1-8,13H,(H2,17,18). The first-order chi connectivity index (χ1) is 8.59. The minimum Gasteiger partial charge on any atom is -0.367 e. The van der Waals surface area contributed by atoms with Crippen molar-refractivity contribution < 1.29 is 13.6 Å². The summed E-state index contributed by atoms with van der Waals surface area (Å²) in [5.41, 5.74) is 6.08. The van der Waals surface area contributed by atoms with Crippen molar-refractivity contribution in [3.8, 4) is 11.1 Å². The largest absolute Gasteiger partial charge is 0.367 e. The molecule has 0 bridgehead atoms. The highest BCUT2D eigenvalue weighted by atomic mass is 19.1. The molecule has 1 unspecified atom stereocenters. The van der Waals surface area contributed by atoms with Crippen molar-refractivity contribution in [3.63, 3.8) is 0 Å². The van der Waals surface area contributed by atoms with Gasteiger partial charge in [0.25, 0.3) is 5.91 Å². The van der Waals surface area contributed by atoms with Gasteiger partial charge in [0.2, 0.25) is 6.17 Å². The van der Waals surface area contributed by atoms with Crippen molar-refractivity contribution in [2.24, 2.45) is 5.73 Å². The molecule has 2 aromatic rings. The van der Waals surface area contributed by atoms with E-state index in [-0.39, 0.29) is 5.56 Å². The quantitative estimate of drug-likeness (QED) is 0.890. The van der Waals surface area contributed by atoms with E-state index in [0.29, 0.717) is 11.1 Å². The van der Waals surface area contributed by atoms with Crippen molar-refractivity contribution >= 4 is 5.91 Å². The summed E-state index contributed by atoms with van der Waals surface area (Å²) < 4.78 is 26.9. The number of benzene rings is 2. The van der Waals surface area contributed by atoms with Gasteiger partial charge >= 0.3 is 0 Å². The topological polar surface area (TPSA) is 43.1 Å². The van der Waals surface area contributed by atoms with Crippen LogP contribution in [0.2, 0.25) is 0 Å². The van der Waals surface area contributed by atoms with E-state index in [1.165, 1.54) is 24.3 Å². The Hall–Kier alpha value is -2.23. The molecule has 1 atom stereocenters. The van der Waals surface area contributed by atoms with Crippen LogP contribution in [0, 0.1) is 5.82 Å². The highest BCUT2D eigenvalue weighted by Crippen LogP contribution is 2.30. The Bertz CT molecular complexity index is 584. The second-order valence-electron chi connectivity index (χ2n) is 3.86. The average molecular weight is 247 g/mol. The van der Waals surface area contributed by atoms with Crippen molar-refractivity contribution in [1.29, 1.82) is 0 Å². The molecule has 2 N–H and O–H groups in total. The van der Waals surface area contributed by atoms with Crippen LogP contribution in [0.25, 0.3) is 11.1 Å². The normalized spacial score (nSPS) is 12.1. The molecule has 2 aromatic carbocycles. The molecule has 0 saturated heterocycles. The van der Waals surface area contributed by atoms with E-state index in [2.05, 4.69) is 0 Å². The zero-order valence-electron chi connectivity index (χ0n) is 9.44. The fourth-order valence-corrected chi connectivity index (χ4v) is 1.79. The summed E-state index contributed by atoms with van der Waals surface area (Å²) in [7, 11) is 0. The molecule has 4 heteroatoms. The van der Waals surface area contributed by atoms with Gasteiger partial charge in [-0.3, -0.25) is 4.79 Å². The van der Waals surface area contributed by atoms with Crippen LogP contribution < -0.4 is 5.73 Å². The highest BCUT2D eigenvalue weighted by Gasteiger charge is 2.20. The SMILES string of the molecule is NC(=O)C(F)c1ccccc1-c1cccc(F)c1. The zero-order valence-corrected chi connectivity index (χ0v) is 9.44. The van der Waals surface area contributed by atoms with Crippen LogP contribution in [-0.2, 0) is 4.79 Å². The van der Waals surface area contributed by atoms with Crippen LogP contribution in [-0.4, -0.2) is 5.91 Å². The molecule has 2 nitrogen and oxygen atoms in total. The van der Waals surface area contributed by atoms with Crippen LogP contribution in [0.5, 0.6) is 0 Å². The third-order valence-electron chi connectivity index (χ3n) is 2.62. The molecule has 0 heterocycles. The maximum atomic E-state index is 13.7. The third-order valence-corrected chi connectivity index (χ3v) is 2.62. The third kappa shape index (κ3) is 2.37. The fourth-order valence-electron chi connectivity index (χ4n) is 1.79. The number of carbonyl (C=O) groups excluding carboxylic acids is 1. The van der Waals surface area contributed by atoms with E-state index < -0.39 is 17.9 Å². The van der Waals surface area contributed by atoms with Gasteiger partial charge in [0.15, 0.2) is 0 Å². The lowest BCUT2D eigenvalue weighted by atomic mass is 9.96. The van der Waals surface area contributed by atoms with E-state index in [1.807, 2.05) is 0 Å². The molecule has 0 aromatic heterocycles. The van der Waals surface area contributed by atoms with Crippen LogP contribution in [0.15, 0.2) is 48.5 Å². The van der Waals surface area contributed by atoms with Gasteiger partial charge in [0.05, 0.1) is 0 Å². The highest BCUT2D eigenvalue weighted by molar-refractivity contribution is 5.83. The Balaban J connectivity index is 2.55. The molecule has 0 spiro atoms. The molecular formula is C14H11F2NO. The second kappa shape index (κ2) is 4.96. The van der Waals surface area contributed by atoms with Gasteiger partial charge in [-0.05, 0) is 23.3 Å². The molecule has 0 aliphatic heterocycles. The smallest absolute Gasteiger partial charge is 0.256 e. The number of hydrogen-bond acceptors (Lipinski definition) is 1. The summed E-state index contributed by atoms with van der Waals surface area (Å²) in [5, 5.41) is 0. The molecule has 18 heavy (non-hydrogen) atoms. The predicted octanol–water partition coefficient (Wildman–Crippen LogP) is 2.99. The average Bonchev–Trinajstić information content (AvgIpc) is 2.38. The minimum atomic E-state index is -1.90. The Morgan fingerprint density at radius 2 is 1.83 bits per heavy atom. The lowest BCUT2D eigenvalue weighted by molar-refractivity contribution is -0.122. The van der Waals surface area contributed by atoms with Crippen molar-refractivity contribution in [1.82, 2.24) is 0 Å². The van der Waals surface area contributed by atoms with E-state index in [0.717, 1.165) is 0 Å². The number of rotatable bonds is 3. The van der Waals surface area contributed by atoms with Crippen LogP contribution in [0.4, 0.5) is 8.78 Å². The summed E-state index contributed by atoms with van der Waals surface area (Å²) in [4.78, 5) is 10.9. The van der Waals surface area contributed by atoms with Gasteiger partial charge in [0, 0.05) is 5.56 Å². The molecule has 0 aliphatic carbocycles. The Morgan fingerprint density at radius 3 is 2.50 bits per heavy atom. The molecule has 1 amide bonds. The molecule has 0 radical (unpaired) electrons. The lowest BCUT2D eigenvalue weighted by Gasteiger charge is -2.11. The molecule has 0 saturated carbocycles. The van der Waals surface area contributed by atoms with Gasteiger partial charge in [-0.15, -0.1) is 0 Å². The van der Waals surface area contributed by atoms with Gasteiger partial charge in [0.1, 0.15) is 5.82 Å². The monoisotopic (exact) mass is 247 g/mol. The Labute approximate surface area is 103 Å². The molecule has 92 valence electrons. The van der Waals surface area contributed by atoms with Gasteiger partial charge in [-0.2, -0.15) is 0 Å². The zero-order chi connectivity index (χ0) is 13.1. The van der Waals surface area contributed by atoms with Crippen LogP contribution in [0.1, 0.15) is 11.7 Å². The summed E-state index contributed by atoms with van der Waals surface area (Å²) >= 11 is 0. The summed E-state index contributed by atoms with van der Waals surface area (Å²) in [6.45, 7) is 0. The number of alkyl halides is 1. The molecule has 0 fully saturated rings. The van der Waals surface area contributed by atoms with Gasteiger partial charge in [-0.1, -0.05) is 36.4 Å². The number of halogens is 2. The number of amides is 1. The maximum Gasteiger partial charge on any atom is 0.256 e. The predicted molar refractivity (Wildman–Crippen MR) is 64.9 cm³/mol. The number of primary amides is 1. The number of nitrogens with two attached hydrogens (primary N) is 1. The molecule has 0 aliphatic rings. The minimum absolute atomic E-state index is 0.149. The van der Waals surface area contributed by atoms with Crippen molar-refractivity contribution in [2.75, 3.05) is 0 Å². The number of hydrogen-bond donors (Lipinski definition) is 1. The Morgan fingerprint density at radius 1 is 1.11 bits per heavy atom. The molecule has 2 rings (SSSR count). The van der Waals surface area contributed by atoms with E-state index in [4.69, 9.17) is 5.73 Å². The van der Waals surface area contributed by atoms with Crippen LogP contribution in [0.3, 0.4) is 0 Å². The number of carbonyl (C=O) groups is 1. The fraction of sp³-hybridized carbons (Fsp3) is 0.0714. The first kappa shape index (κ1) is 12.2. The maximum absolute atomic E-state index is 13.7. The first-order valence-corrected chi connectivity index (χ1v) is 5.38. The summed E-state index contributed by atoms with van der Waals surface area (Å²) in [5.74, 6) is -1.48. The van der Waals surface area contributed by atoms with E-state index >= 15 is 0 Å². The van der Waals surface area contributed by atoms with Crippen LogP contribution >= 0.6 is 0 Å². The van der Waals surface area contributed by atoms with E-state index in [9.17, 15) is 13.6 Å². The lowest BCUT2D eigenvalue weighted by Crippen LogP contribution is -2.18. The molecular weight excluding hydrogens is 236 g/mol. The Kier molecular flexibility index (Phi) is 3.37. The van der Waals surface area contributed by atoms with Gasteiger partial charge < -0.3 is 5.73 Å². The second-order valence-corrected chi connectivity index (χ2v) is 3.86.